The van der Waals surface area contributed by atoms with Gasteiger partial charge >= 0.3 is 6.09 Å². The van der Waals surface area contributed by atoms with Gasteiger partial charge < -0.3 is 15.4 Å². The monoisotopic (exact) mass is 212 g/mol. The summed E-state index contributed by atoms with van der Waals surface area (Å²) in [7, 11) is 0. The first kappa shape index (κ1) is 10.7. The van der Waals surface area contributed by atoms with Gasteiger partial charge in [0.1, 0.15) is 5.60 Å². The molecule has 0 bridgehead atoms. The minimum absolute atomic E-state index is 0.280. The Labute approximate surface area is 90.8 Å². The average Bonchev–Trinajstić information content (AvgIpc) is 2.39. The van der Waals surface area contributed by atoms with Crippen LogP contribution < -0.4 is 10.6 Å². The van der Waals surface area contributed by atoms with E-state index < -0.39 is 5.60 Å². The van der Waals surface area contributed by atoms with E-state index in [0.29, 0.717) is 12.0 Å². The van der Waals surface area contributed by atoms with Crippen molar-refractivity contribution in [1.82, 2.24) is 10.6 Å². The van der Waals surface area contributed by atoms with Crippen LogP contribution in [-0.4, -0.2) is 30.8 Å². The van der Waals surface area contributed by atoms with Crippen LogP contribution in [0.1, 0.15) is 27.2 Å². The average molecular weight is 212 g/mol. The highest BCUT2D eigenvalue weighted by Crippen LogP contribution is 2.37. The number of fused-ring (bicyclic) bond motifs is 1. The Morgan fingerprint density at radius 3 is 2.73 bits per heavy atom. The maximum Gasteiger partial charge on any atom is 0.407 e. The molecule has 3 atom stereocenters. The molecule has 2 N–H and O–H groups in total. The second-order valence-electron chi connectivity index (χ2n) is 5.57. The molecule has 0 radical (unpaired) electrons. The molecule has 2 rings (SSSR count). The summed E-state index contributed by atoms with van der Waals surface area (Å²) < 4.78 is 5.22. The van der Waals surface area contributed by atoms with Gasteiger partial charge in [-0.15, -0.1) is 0 Å². The molecular formula is C11H20N2O2. The third kappa shape index (κ3) is 2.43. The van der Waals surface area contributed by atoms with Crippen LogP contribution in [0.5, 0.6) is 0 Å². The van der Waals surface area contributed by atoms with Crippen molar-refractivity contribution in [3.05, 3.63) is 0 Å². The molecule has 1 saturated heterocycles. The molecule has 2 aliphatic rings. The lowest BCUT2D eigenvalue weighted by Crippen LogP contribution is -2.52. The lowest BCUT2D eigenvalue weighted by molar-refractivity contribution is 0.0403. The van der Waals surface area contributed by atoms with Crippen molar-refractivity contribution in [2.24, 2.45) is 11.8 Å². The Kier molecular flexibility index (Phi) is 2.63. The van der Waals surface area contributed by atoms with Gasteiger partial charge in [0.15, 0.2) is 0 Å². The van der Waals surface area contributed by atoms with Crippen LogP contribution in [0.2, 0.25) is 0 Å². The fraction of sp³-hybridized carbons (Fsp3) is 0.909. The Hall–Kier alpha value is -0.770. The van der Waals surface area contributed by atoms with Crippen LogP contribution in [0.15, 0.2) is 0 Å². The second-order valence-corrected chi connectivity index (χ2v) is 5.57. The van der Waals surface area contributed by atoms with E-state index in [1.807, 2.05) is 20.8 Å². The molecule has 86 valence electrons. The number of ether oxygens (including phenoxy) is 1. The maximum absolute atomic E-state index is 11.5. The zero-order valence-electron chi connectivity index (χ0n) is 9.67. The Morgan fingerprint density at radius 2 is 2.13 bits per heavy atom. The molecule has 2 fully saturated rings. The number of alkyl carbamates (subject to hydrolysis) is 1. The van der Waals surface area contributed by atoms with Gasteiger partial charge in [-0.2, -0.15) is 0 Å². The summed E-state index contributed by atoms with van der Waals surface area (Å²) in [6.07, 6.45) is 0.814. The first-order valence-electron chi connectivity index (χ1n) is 5.66. The van der Waals surface area contributed by atoms with E-state index in [0.717, 1.165) is 25.4 Å². The topological polar surface area (TPSA) is 50.4 Å². The van der Waals surface area contributed by atoms with E-state index in [2.05, 4.69) is 10.6 Å². The lowest BCUT2D eigenvalue weighted by atomic mass is 9.71. The highest BCUT2D eigenvalue weighted by Gasteiger charge is 2.44. The molecule has 1 aliphatic heterocycles. The molecule has 0 aromatic heterocycles. The molecule has 0 spiro atoms. The van der Waals surface area contributed by atoms with Crippen molar-refractivity contribution in [1.29, 1.82) is 0 Å². The van der Waals surface area contributed by atoms with Crippen LogP contribution in [0.4, 0.5) is 4.79 Å². The van der Waals surface area contributed by atoms with Crippen molar-refractivity contribution < 1.29 is 9.53 Å². The number of hydrogen-bond donors (Lipinski definition) is 2. The molecule has 15 heavy (non-hydrogen) atoms. The van der Waals surface area contributed by atoms with E-state index in [1.54, 1.807) is 0 Å². The summed E-state index contributed by atoms with van der Waals surface area (Å²) in [5.41, 5.74) is -0.402. The fourth-order valence-corrected chi connectivity index (χ4v) is 2.41. The van der Waals surface area contributed by atoms with Crippen molar-refractivity contribution in [3.8, 4) is 0 Å². The molecule has 1 heterocycles. The zero-order valence-corrected chi connectivity index (χ0v) is 9.67. The van der Waals surface area contributed by atoms with Crippen molar-refractivity contribution in [2.45, 2.75) is 38.8 Å². The first-order chi connectivity index (χ1) is 6.96. The Bertz CT molecular complexity index is 260. The van der Waals surface area contributed by atoms with Gasteiger partial charge in [0.05, 0.1) is 0 Å². The predicted molar refractivity (Wildman–Crippen MR) is 57.6 cm³/mol. The van der Waals surface area contributed by atoms with E-state index in [-0.39, 0.29) is 6.09 Å². The minimum Gasteiger partial charge on any atom is -0.444 e. The molecule has 0 aromatic carbocycles. The van der Waals surface area contributed by atoms with Crippen LogP contribution in [0.3, 0.4) is 0 Å². The van der Waals surface area contributed by atoms with Gasteiger partial charge in [-0.1, -0.05) is 0 Å². The number of nitrogens with one attached hydrogen (secondary N) is 2. The highest BCUT2D eigenvalue weighted by atomic mass is 16.6. The first-order valence-corrected chi connectivity index (χ1v) is 5.66. The molecule has 4 heteroatoms. The summed E-state index contributed by atoms with van der Waals surface area (Å²) in [6.45, 7) is 7.79. The largest absolute Gasteiger partial charge is 0.444 e. The van der Waals surface area contributed by atoms with Crippen molar-refractivity contribution in [3.63, 3.8) is 0 Å². The highest BCUT2D eigenvalue weighted by molar-refractivity contribution is 5.68. The van der Waals surface area contributed by atoms with Crippen molar-refractivity contribution in [2.75, 3.05) is 13.1 Å². The SMILES string of the molecule is CC(C)(C)OC(=O)N[C@H]1C[C@H]2CNC[C@@H]21. The van der Waals surface area contributed by atoms with Crippen LogP contribution >= 0.6 is 0 Å². The third-order valence-electron chi connectivity index (χ3n) is 3.17. The Balaban J connectivity index is 1.76. The number of rotatable bonds is 1. The smallest absolute Gasteiger partial charge is 0.407 e. The fourth-order valence-electron chi connectivity index (χ4n) is 2.41. The molecule has 1 amide bonds. The predicted octanol–water partition coefficient (Wildman–Crippen LogP) is 1.12. The summed E-state index contributed by atoms with van der Waals surface area (Å²) in [6, 6.07) is 0.319. The van der Waals surface area contributed by atoms with Crippen LogP contribution in [0, 0.1) is 11.8 Å². The summed E-state index contributed by atoms with van der Waals surface area (Å²) in [5, 5.41) is 6.29. The lowest BCUT2D eigenvalue weighted by Gasteiger charge is -2.40. The van der Waals surface area contributed by atoms with Gasteiger partial charge in [-0.05, 0) is 45.6 Å². The number of carbonyl (C=O) groups excluding carboxylic acids is 1. The molecule has 0 unspecified atom stereocenters. The summed E-state index contributed by atoms with van der Waals surface area (Å²) in [5.74, 6) is 1.39. The maximum atomic E-state index is 11.5. The van der Waals surface area contributed by atoms with E-state index in [9.17, 15) is 4.79 Å². The van der Waals surface area contributed by atoms with Gasteiger partial charge in [-0.3, -0.25) is 0 Å². The normalized spacial score (nSPS) is 34.2. The number of carbonyl (C=O) groups is 1. The van der Waals surface area contributed by atoms with Crippen molar-refractivity contribution >= 4 is 6.09 Å². The number of amides is 1. The number of hydrogen-bond acceptors (Lipinski definition) is 3. The van der Waals surface area contributed by atoms with E-state index >= 15 is 0 Å². The zero-order chi connectivity index (χ0) is 11.1. The van der Waals surface area contributed by atoms with E-state index in [1.165, 1.54) is 0 Å². The summed E-state index contributed by atoms with van der Waals surface area (Å²) >= 11 is 0. The molecule has 1 saturated carbocycles. The minimum atomic E-state index is -0.402. The quantitative estimate of drug-likeness (QED) is 0.685. The molecular weight excluding hydrogens is 192 g/mol. The van der Waals surface area contributed by atoms with Gasteiger partial charge in [0, 0.05) is 12.6 Å². The van der Waals surface area contributed by atoms with Crippen LogP contribution in [0.25, 0.3) is 0 Å². The molecule has 4 nitrogen and oxygen atoms in total. The molecule has 0 aromatic rings. The second kappa shape index (κ2) is 3.67. The molecule has 1 aliphatic carbocycles. The Morgan fingerprint density at radius 1 is 1.40 bits per heavy atom. The van der Waals surface area contributed by atoms with Gasteiger partial charge in [0.2, 0.25) is 0 Å². The standard InChI is InChI=1S/C11H20N2O2/c1-11(2,3)15-10(14)13-9-4-7-5-12-6-8(7)9/h7-9,12H,4-6H2,1-3H3,(H,13,14)/t7-,8-,9-/m0/s1. The van der Waals surface area contributed by atoms with Gasteiger partial charge in [0.25, 0.3) is 0 Å². The van der Waals surface area contributed by atoms with Gasteiger partial charge in [-0.25, -0.2) is 4.79 Å². The third-order valence-corrected chi connectivity index (χ3v) is 3.17. The van der Waals surface area contributed by atoms with Crippen LogP contribution in [-0.2, 0) is 4.74 Å². The van der Waals surface area contributed by atoms with E-state index in [4.69, 9.17) is 4.74 Å². The summed E-state index contributed by atoms with van der Waals surface area (Å²) in [4.78, 5) is 11.5.